The number of sulfonamides is 1. The molecule has 8 heteroatoms. The van der Waals surface area contributed by atoms with Gasteiger partial charge in [0.1, 0.15) is 5.82 Å². The van der Waals surface area contributed by atoms with Crippen LogP contribution in [0.1, 0.15) is 44.7 Å². The summed E-state index contributed by atoms with van der Waals surface area (Å²) in [6.07, 6.45) is 2.63. The summed E-state index contributed by atoms with van der Waals surface area (Å²) in [5, 5.41) is 7.30. The summed E-state index contributed by atoms with van der Waals surface area (Å²) >= 11 is 0. The fourth-order valence-electron chi connectivity index (χ4n) is 4.18. The lowest BCUT2D eigenvalue weighted by atomic mass is 9.87. The third-order valence-corrected chi connectivity index (χ3v) is 8.24. The van der Waals surface area contributed by atoms with E-state index < -0.39 is 10.0 Å². The average molecular weight is 481 g/mol. The van der Waals surface area contributed by atoms with Crippen LogP contribution < -0.4 is 5.32 Å². The number of rotatable bonds is 6. The van der Waals surface area contributed by atoms with Crippen molar-refractivity contribution in [1.82, 2.24) is 14.1 Å². The highest BCUT2D eigenvalue weighted by molar-refractivity contribution is 7.89. The van der Waals surface area contributed by atoms with Gasteiger partial charge in [-0.05, 0) is 41.5 Å². The van der Waals surface area contributed by atoms with Gasteiger partial charge in [0.2, 0.25) is 15.9 Å². The lowest BCUT2D eigenvalue weighted by Gasteiger charge is -2.30. The molecule has 0 atom stereocenters. The van der Waals surface area contributed by atoms with Gasteiger partial charge in [0.25, 0.3) is 0 Å². The number of hydrogen-bond donors (Lipinski definition) is 1. The minimum atomic E-state index is -3.58. The Bertz CT molecular complexity index is 1220. The zero-order valence-corrected chi connectivity index (χ0v) is 20.8. The molecule has 0 radical (unpaired) electrons. The molecule has 1 N–H and O–H groups in total. The second-order valence-corrected chi connectivity index (χ2v) is 11.7. The summed E-state index contributed by atoms with van der Waals surface area (Å²) in [5.41, 5.74) is 2.15. The van der Waals surface area contributed by atoms with E-state index in [0.29, 0.717) is 43.2 Å². The summed E-state index contributed by atoms with van der Waals surface area (Å²) in [5.74, 6) is 0.305. The molecule has 2 heterocycles. The summed E-state index contributed by atoms with van der Waals surface area (Å²) in [4.78, 5) is 13.2. The van der Waals surface area contributed by atoms with E-state index in [1.54, 1.807) is 29.1 Å². The van der Waals surface area contributed by atoms with Gasteiger partial charge in [0, 0.05) is 25.1 Å². The van der Waals surface area contributed by atoms with Gasteiger partial charge in [-0.2, -0.15) is 9.40 Å². The van der Waals surface area contributed by atoms with Crippen molar-refractivity contribution in [1.29, 1.82) is 0 Å². The lowest BCUT2D eigenvalue weighted by molar-refractivity contribution is -0.121. The molecule has 0 spiro atoms. The van der Waals surface area contributed by atoms with Crippen molar-refractivity contribution in [3.05, 3.63) is 78.0 Å². The molecular weight excluding hydrogens is 448 g/mol. The normalized spacial score (nSPS) is 15.9. The second kappa shape index (κ2) is 9.72. The maximum atomic E-state index is 13.1. The Morgan fingerprint density at radius 1 is 1.00 bits per heavy atom. The molecule has 1 amide bonds. The second-order valence-electron chi connectivity index (χ2n) is 9.80. The van der Waals surface area contributed by atoms with Crippen LogP contribution in [0.15, 0.2) is 71.8 Å². The van der Waals surface area contributed by atoms with Gasteiger partial charge in [0.15, 0.2) is 0 Å². The standard InChI is InChI=1S/C26H32N4O3S/c1-26(2,3)22-9-11-23(12-10-22)34(32,33)29-17-14-21(15-18-29)25(31)28-24-13-16-27-30(24)19-20-7-5-4-6-8-20/h4-13,16,21H,14-15,17-19H2,1-3H3,(H,28,31). The highest BCUT2D eigenvalue weighted by atomic mass is 32.2. The number of anilines is 1. The SMILES string of the molecule is CC(C)(C)c1ccc(S(=O)(=O)N2CCC(C(=O)Nc3ccnn3Cc3ccccc3)CC2)cc1. The largest absolute Gasteiger partial charge is 0.311 e. The van der Waals surface area contributed by atoms with Crippen LogP contribution in [0.2, 0.25) is 0 Å². The van der Waals surface area contributed by atoms with E-state index in [9.17, 15) is 13.2 Å². The molecule has 0 bridgehead atoms. The lowest BCUT2D eigenvalue weighted by Crippen LogP contribution is -2.41. The Balaban J connectivity index is 1.36. The zero-order chi connectivity index (χ0) is 24.3. The van der Waals surface area contributed by atoms with Gasteiger partial charge in [-0.3, -0.25) is 4.79 Å². The van der Waals surface area contributed by atoms with Crippen molar-refractivity contribution in [2.45, 2.75) is 50.5 Å². The zero-order valence-electron chi connectivity index (χ0n) is 19.9. The van der Waals surface area contributed by atoms with E-state index in [-0.39, 0.29) is 17.2 Å². The van der Waals surface area contributed by atoms with Crippen molar-refractivity contribution >= 4 is 21.7 Å². The first-order valence-corrected chi connectivity index (χ1v) is 13.1. The van der Waals surface area contributed by atoms with E-state index in [1.165, 1.54) is 4.31 Å². The summed E-state index contributed by atoms with van der Waals surface area (Å²) < 4.78 is 29.5. The fourth-order valence-corrected chi connectivity index (χ4v) is 5.65. The number of benzene rings is 2. The van der Waals surface area contributed by atoms with E-state index in [2.05, 4.69) is 31.2 Å². The fraction of sp³-hybridized carbons (Fsp3) is 0.385. The van der Waals surface area contributed by atoms with Crippen LogP contribution in [-0.2, 0) is 26.8 Å². The molecule has 1 aliphatic heterocycles. The Hall–Kier alpha value is -2.97. The van der Waals surface area contributed by atoms with Gasteiger partial charge < -0.3 is 5.32 Å². The number of carbonyl (C=O) groups excluding carboxylic acids is 1. The molecular formula is C26H32N4O3S. The van der Waals surface area contributed by atoms with Crippen molar-refractivity contribution in [2.75, 3.05) is 18.4 Å². The predicted octanol–water partition coefficient (Wildman–Crippen LogP) is 4.27. The maximum Gasteiger partial charge on any atom is 0.243 e. The molecule has 2 aromatic carbocycles. The maximum absolute atomic E-state index is 13.1. The van der Waals surface area contributed by atoms with Gasteiger partial charge in [0.05, 0.1) is 17.6 Å². The molecule has 0 unspecified atom stereocenters. The molecule has 7 nitrogen and oxygen atoms in total. The molecule has 1 saturated heterocycles. The Morgan fingerprint density at radius 2 is 1.65 bits per heavy atom. The Kier molecular flexibility index (Phi) is 6.91. The first-order valence-electron chi connectivity index (χ1n) is 11.6. The molecule has 1 aromatic heterocycles. The van der Waals surface area contributed by atoms with Gasteiger partial charge in [-0.25, -0.2) is 13.1 Å². The van der Waals surface area contributed by atoms with Crippen molar-refractivity contribution in [3.63, 3.8) is 0 Å². The summed E-state index contributed by atoms with van der Waals surface area (Å²) in [7, 11) is -3.58. The third-order valence-electron chi connectivity index (χ3n) is 6.33. The van der Waals surface area contributed by atoms with Crippen LogP contribution >= 0.6 is 0 Å². The number of amides is 1. The van der Waals surface area contributed by atoms with E-state index in [4.69, 9.17) is 0 Å². The van der Waals surface area contributed by atoms with Crippen molar-refractivity contribution < 1.29 is 13.2 Å². The minimum absolute atomic E-state index is 0.0372. The van der Waals surface area contributed by atoms with E-state index >= 15 is 0 Å². The monoisotopic (exact) mass is 480 g/mol. The van der Waals surface area contributed by atoms with Crippen molar-refractivity contribution in [2.24, 2.45) is 5.92 Å². The summed E-state index contributed by atoms with van der Waals surface area (Å²) in [6.45, 7) is 7.51. The first-order chi connectivity index (χ1) is 16.1. The Labute approximate surface area is 201 Å². The number of hydrogen-bond acceptors (Lipinski definition) is 4. The van der Waals surface area contributed by atoms with Crippen LogP contribution in [0, 0.1) is 5.92 Å². The molecule has 180 valence electrons. The topological polar surface area (TPSA) is 84.3 Å². The van der Waals surface area contributed by atoms with Crippen LogP contribution in [0.4, 0.5) is 5.82 Å². The molecule has 3 aromatic rings. The molecule has 1 aliphatic rings. The van der Waals surface area contributed by atoms with Crippen molar-refractivity contribution in [3.8, 4) is 0 Å². The van der Waals surface area contributed by atoms with Gasteiger partial charge in [-0.1, -0.05) is 63.2 Å². The molecule has 1 fully saturated rings. The summed E-state index contributed by atoms with van der Waals surface area (Å²) in [6, 6.07) is 18.8. The first kappa shape index (κ1) is 24.2. The third kappa shape index (κ3) is 5.39. The van der Waals surface area contributed by atoms with Crippen LogP contribution in [-0.4, -0.2) is 41.5 Å². The highest BCUT2D eigenvalue weighted by Gasteiger charge is 2.32. The number of carbonyl (C=O) groups is 1. The number of piperidine rings is 1. The highest BCUT2D eigenvalue weighted by Crippen LogP contribution is 2.27. The molecule has 4 rings (SSSR count). The average Bonchev–Trinajstić information content (AvgIpc) is 3.25. The van der Waals surface area contributed by atoms with Gasteiger partial charge in [-0.15, -0.1) is 0 Å². The van der Waals surface area contributed by atoms with E-state index in [0.717, 1.165) is 11.1 Å². The van der Waals surface area contributed by atoms with Crippen LogP contribution in [0.25, 0.3) is 0 Å². The van der Waals surface area contributed by atoms with E-state index in [1.807, 2.05) is 42.5 Å². The minimum Gasteiger partial charge on any atom is -0.311 e. The predicted molar refractivity (Wildman–Crippen MR) is 133 cm³/mol. The molecule has 0 saturated carbocycles. The quantitative estimate of drug-likeness (QED) is 0.571. The number of aromatic nitrogens is 2. The Morgan fingerprint density at radius 3 is 2.26 bits per heavy atom. The van der Waals surface area contributed by atoms with Crippen LogP contribution in [0.5, 0.6) is 0 Å². The molecule has 0 aliphatic carbocycles. The number of nitrogens with one attached hydrogen (secondary N) is 1. The molecule has 34 heavy (non-hydrogen) atoms. The number of nitrogens with zero attached hydrogens (tertiary/aromatic N) is 3. The van der Waals surface area contributed by atoms with Crippen LogP contribution in [0.3, 0.4) is 0 Å². The smallest absolute Gasteiger partial charge is 0.243 e. The van der Waals surface area contributed by atoms with Gasteiger partial charge >= 0.3 is 0 Å².